The molecule has 3 aromatic carbocycles. The summed E-state index contributed by atoms with van der Waals surface area (Å²) in [5.41, 5.74) is 2.63. The summed E-state index contributed by atoms with van der Waals surface area (Å²) in [4.78, 5) is 36.3. The van der Waals surface area contributed by atoms with Crippen molar-refractivity contribution in [2.75, 3.05) is 6.54 Å². The molecule has 2 aliphatic rings. The van der Waals surface area contributed by atoms with Crippen LogP contribution in [-0.2, 0) is 4.79 Å². The van der Waals surface area contributed by atoms with Crippen molar-refractivity contribution in [3.05, 3.63) is 77.4 Å². The number of carbonyl (C=O) groups is 3. The summed E-state index contributed by atoms with van der Waals surface area (Å²) in [5.74, 6) is 0.313. The molecule has 0 unspecified atom stereocenters. The molecule has 0 saturated heterocycles. The minimum atomic E-state index is -0.725. The van der Waals surface area contributed by atoms with Crippen LogP contribution in [0, 0.1) is 5.92 Å². The number of carbonyl (C=O) groups excluding carboxylic acids is 2. The van der Waals surface area contributed by atoms with Gasteiger partial charge >= 0.3 is 5.97 Å². The Balaban J connectivity index is 1.05. The first kappa shape index (κ1) is 25.0. The van der Waals surface area contributed by atoms with E-state index < -0.39 is 5.97 Å². The summed E-state index contributed by atoms with van der Waals surface area (Å²) in [6.07, 6.45) is 6.19. The Morgan fingerprint density at radius 3 is 2.19 bits per heavy atom. The number of nitrogens with one attached hydrogen (secondary N) is 1. The lowest BCUT2D eigenvalue weighted by atomic mass is 9.87. The molecule has 2 fully saturated rings. The molecule has 2 aliphatic carbocycles. The first-order valence-corrected chi connectivity index (χ1v) is 13.3. The molecule has 6 nitrogen and oxygen atoms in total. The van der Waals surface area contributed by atoms with E-state index in [9.17, 15) is 14.4 Å². The summed E-state index contributed by atoms with van der Waals surface area (Å²) in [5, 5.41) is 14.3. The second-order valence-electron chi connectivity index (χ2n) is 10.3. The Hall–Kier alpha value is -3.67. The van der Waals surface area contributed by atoms with Gasteiger partial charge in [-0.1, -0.05) is 24.3 Å². The summed E-state index contributed by atoms with van der Waals surface area (Å²) in [6.45, 7) is 0.434. The zero-order valence-electron chi connectivity index (χ0n) is 20.9. The third kappa shape index (κ3) is 6.37. The van der Waals surface area contributed by atoms with Gasteiger partial charge in [0.05, 0.1) is 12.0 Å². The van der Waals surface area contributed by atoms with Gasteiger partial charge in [0.25, 0.3) is 5.91 Å². The molecule has 2 N–H and O–H groups in total. The number of hydrogen-bond donors (Lipinski definition) is 2. The van der Waals surface area contributed by atoms with Gasteiger partial charge < -0.3 is 15.2 Å². The molecule has 37 heavy (non-hydrogen) atoms. The maximum absolute atomic E-state index is 12.6. The van der Waals surface area contributed by atoms with Crippen molar-refractivity contribution in [3.63, 3.8) is 0 Å². The molecular weight excluding hydrogens is 466 g/mol. The number of fused-ring (bicyclic) bond motifs is 1. The number of rotatable bonds is 10. The number of ketones is 1. The van der Waals surface area contributed by atoms with Gasteiger partial charge in [0.1, 0.15) is 5.75 Å². The fraction of sp³-hybridized carbons (Fsp3) is 0.387. The molecule has 0 radical (unpaired) electrons. The van der Waals surface area contributed by atoms with E-state index in [-0.39, 0.29) is 23.7 Å². The number of Topliss-reactive ketones (excluding diaryl/α,β-unsaturated/α-hetero) is 1. The second-order valence-corrected chi connectivity index (χ2v) is 10.3. The maximum Gasteiger partial charge on any atom is 0.306 e. The number of aliphatic carboxylic acids is 1. The van der Waals surface area contributed by atoms with Crippen LogP contribution in [0.3, 0.4) is 0 Å². The molecule has 6 heteroatoms. The normalized spacial score (nSPS) is 19.4. The van der Waals surface area contributed by atoms with E-state index in [2.05, 4.69) is 23.5 Å². The van der Waals surface area contributed by atoms with E-state index >= 15 is 0 Å². The predicted octanol–water partition coefficient (Wildman–Crippen LogP) is 6.13. The molecule has 0 spiro atoms. The van der Waals surface area contributed by atoms with Gasteiger partial charge in [-0.05, 0) is 104 Å². The maximum atomic E-state index is 12.6. The van der Waals surface area contributed by atoms with E-state index in [1.807, 2.05) is 18.2 Å². The summed E-state index contributed by atoms with van der Waals surface area (Å²) < 4.78 is 5.98. The molecule has 2 saturated carbocycles. The van der Waals surface area contributed by atoms with E-state index in [1.54, 1.807) is 24.3 Å². The molecule has 3 aromatic rings. The lowest BCUT2D eigenvalue weighted by Crippen LogP contribution is -2.27. The third-order valence-corrected chi connectivity index (χ3v) is 7.54. The highest BCUT2D eigenvalue weighted by molar-refractivity contribution is 5.99. The number of amides is 1. The van der Waals surface area contributed by atoms with Gasteiger partial charge in [-0.2, -0.15) is 0 Å². The number of benzene rings is 3. The minimum absolute atomic E-state index is 0.0172. The molecular formula is C31H33NO5. The van der Waals surface area contributed by atoms with Crippen molar-refractivity contribution in [2.45, 2.75) is 63.4 Å². The zero-order chi connectivity index (χ0) is 25.8. The SMILES string of the molecule is O=C(CCCNC(=O)c1ccc2cc(C3CC3)ccc2c1)c1ccc(OC2CCC(C(=O)O)CC2)cc1. The van der Waals surface area contributed by atoms with Crippen LogP contribution < -0.4 is 10.1 Å². The van der Waals surface area contributed by atoms with Crippen molar-refractivity contribution in [1.29, 1.82) is 0 Å². The first-order chi connectivity index (χ1) is 18.0. The molecule has 0 bridgehead atoms. The lowest BCUT2D eigenvalue weighted by Gasteiger charge is -2.26. The van der Waals surface area contributed by atoms with Crippen LogP contribution in [0.4, 0.5) is 0 Å². The highest BCUT2D eigenvalue weighted by Crippen LogP contribution is 2.40. The van der Waals surface area contributed by atoms with Crippen molar-refractivity contribution < 1.29 is 24.2 Å². The Labute approximate surface area is 217 Å². The van der Waals surface area contributed by atoms with Crippen molar-refractivity contribution in [3.8, 4) is 5.75 Å². The minimum Gasteiger partial charge on any atom is -0.490 e. The molecule has 1 amide bonds. The van der Waals surface area contributed by atoms with E-state index in [4.69, 9.17) is 9.84 Å². The van der Waals surface area contributed by atoms with Gasteiger partial charge in [0.15, 0.2) is 5.78 Å². The van der Waals surface area contributed by atoms with Crippen LogP contribution in [0.1, 0.15) is 83.6 Å². The summed E-state index contributed by atoms with van der Waals surface area (Å²) in [6, 6.07) is 19.4. The molecule has 192 valence electrons. The molecule has 0 aromatic heterocycles. The van der Waals surface area contributed by atoms with Crippen LogP contribution in [0.2, 0.25) is 0 Å². The highest BCUT2D eigenvalue weighted by Gasteiger charge is 2.27. The number of hydrogen-bond acceptors (Lipinski definition) is 4. The second kappa shape index (κ2) is 11.2. The van der Waals surface area contributed by atoms with Gasteiger partial charge in [0.2, 0.25) is 0 Å². The standard InChI is InChI=1S/C31H33NO5/c33-29(21-9-13-27(14-10-21)37-28-15-11-22(12-16-28)31(35)36)2-1-17-32-30(34)26-8-7-24-18-23(20-3-4-20)5-6-25(24)19-26/h5-10,13-14,18-20,22,28H,1-4,11-12,15-17H2,(H,32,34)(H,35,36). The number of carboxylic acid groups (broad SMARTS) is 1. The lowest BCUT2D eigenvalue weighted by molar-refractivity contribution is -0.143. The fourth-order valence-corrected chi connectivity index (χ4v) is 5.11. The predicted molar refractivity (Wildman–Crippen MR) is 142 cm³/mol. The average Bonchev–Trinajstić information content (AvgIpc) is 3.77. The van der Waals surface area contributed by atoms with E-state index in [0.717, 1.165) is 23.6 Å². The quantitative estimate of drug-likeness (QED) is 0.258. The van der Waals surface area contributed by atoms with Crippen molar-refractivity contribution in [2.24, 2.45) is 5.92 Å². The molecule has 0 atom stereocenters. The van der Waals surface area contributed by atoms with Crippen LogP contribution >= 0.6 is 0 Å². The summed E-state index contributed by atoms with van der Waals surface area (Å²) >= 11 is 0. The van der Waals surface area contributed by atoms with Crippen LogP contribution in [0.5, 0.6) is 5.75 Å². The smallest absolute Gasteiger partial charge is 0.306 e. The Morgan fingerprint density at radius 1 is 0.811 bits per heavy atom. The number of carboxylic acids is 1. The topological polar surface area (TPSA) is 92.7 Å². The Kier molecular flexibility index (Phi) is 7.54. The highest BCUT2D eigenvalue weighted by atomic mass is 16.5. The molecule has 5 rings (SSSR count). The zero-order valence-corrected chi connectivity index (χ0v) is 20.9. The van der Waals surface area contributed by atoms with Crippen LogP contribution in [-0.4, -0.2) is 35.4 Å². The van der Waals surface area contributed by atoms with E-state index in [1.165, 1.54) is 18.4 Å². The van der Waals surface area contributed by atoms with Gasteiger partial charge in [-0.25, -0.2) is 0 Å². The van der Waals surface area contributed by atoms with Crippen molar-refractivity contribution >= 4 is 28.4 Å². The third-order valence-electron chi connectivity index (χ3n) is 7.54. The van der Waals surface area contributed by atoms with Crippen LogP contribution in [0.25, 0.3) is 10.8 Å². The molecule has 0 heterocycles. The molecule has 0 aliphatic heterocycles. The summed E-state index contributed by atoms with van der Waals surface area (Å²) in [7, 11) is 0. The van der Waals surface area contributed by atoms with Crippen molar-refractivity contribution in [1.82, 2.24) is 5.32 Å². The largest absolute Gasteiger partial charge is 0.490 e. The van der Waals surface area contributed by atoms with Gasteiger partial charge in [-0.3, -0.25) is 14.4 Å². The first-order valence-electron chi connectivity index (χ1n) is 13.3. The van der Waals surface area contributed by atoms with Gasteiger partial charge in [-0.15, -0.1) is 0 Å². The number of ether oxygens (including phenoxy) is 1. The van der Waals surface area contributed by atoms with Gasteiger partial charge in [0, 0.05) is 24.1 Å². The average molecular weight is 500 g/mol. The van der Waals surface area contributed by atoms with E-state index in [0.29, 0.717) is 55.0 Å². The fourth-order valence-electron chi connectivity index (χ4n) is 5.11. The monoisotopic (exact) mass is 499 g/mol. The Morgan fingerprint density at radius 2 is 1.49 bits per heavy atom. The Bertz CT molecular complexity index is 1290. The van der Waals surface area contributed by atoms with Crippen LogP contribution in [0.15, 0.2) is 60.7 Å².